The summed E-state index contributed by atoms with van der Waals surface area (Å²) in [6.45, 7) is 3.21. The van der Waals surface area contributed by atoms with Gasteiger partial charge < -0.3 is 9.30 Å². The smallest absolute Gasteiger partial charge is 0.167 e. The van der Waals surface area contributed by atoms with Crippen LogP contribution in [0.15, 0.2) is 24.3 Å². The molecule has 18 heavy (non-hydrogen) atoms. The molecule has 0 bridgehead atoms. The molecule has 94 valence electrons. The van der Waals surface area contributed by atoms with Gasteiger partial charge in [-0.1, -0.05) is 19.1 Å². The Hall–Kier alpha value is -1.84. The molecule has 3 rings (SSSR count). The van der Waals surface area contributed by atoms with Gasteiger partial charge in [-0.3, -0.25) is 0 Å². The van der Waals surface area contributed by atoms with E-state index in [0.717, 1.165) is 29.5 Å². The molecule has 0 N–H and O–H groups in total. The maximum absolute atomic E-state index is 5.41. The van der Waals surface area contributed by atoms with E-state index in [1.54, 1.807) is 7.11 Å². The van der Waals surface area contributed by atoms with Gasteiger partial charge in [-0.2, -0.15) is 0 Å². The van der Waals surface area contributed by atoms with Gasteiger partial charge >= 0.3 is 0 Å². The second-order valence-electron chi connectivity index (χ2n) is 4.78. The van der Waals surface area contributed by atoms with Crippen LogP contribution in [0.5, 0.6) is 5.75 Å². The number of aromatic nitrogens is 3. The van der Waals surface area contributed by atoms with Gasteiger partial charge in [-0.15, -0.1) is 10.2 Å². The lowest BCUT2D eigenvalue weighted by Crippen LogP contribution is -2.14. The van der Waals surface area contributed by atoms with Crippen LogP contribution in [0.3, 0.4) is 0 Å². The van der Waals surface area contributed by atoms with Gasteiger partial charge in [0.25, 0.3) is 0 Å². The van der Waals surface area contributed by atoms with Gasteiger partial charge in [0.1, 0.15) is 11.6 Å². The zero-order valence-corrected chi connectivity index (χ0v) is 10.8. The van der Waals surface area contributed by atoms with Crippen molar-refractivity contribution >= 4 is 0 Å². The lowest BCUT2D eigenvalue weighted by molar-refractivity contribution is 0.415. The fourth-order valence-electron chi connectivity index (χ4n) is 2.61. The zero-order chi connectivity index (χ0) is 12.5. The van der Waals surface area contributed by atoms with Gasteiger partial charge in [0.05, 0.1) is 12.7 Å². The molecule has 2 heterocycles. The predicted octanol–water partition coefficient (Wildman–Crippen LogP) is 2.85. The first kappa shape index (κ1) is 11.3. The quantitative estimate of drug-likeness (QED) is 0.814. The van der Waals surface area contributed by atoms with Gasteiger partial charge in [0.15, 0.2) is 5.82 Å². The molecule has 4 heteroatoms. The van der Waals surface area contributed by atoms with E-state index in [2.05, 4.69) is 21.7 Å². The van der Waals surface area contributed by atoms with E-state index in [1.165, 1.54) is 12.8 Å². The molecule has 1 atom stereocenters. The molecule has 1 aliphatic heterocycles. The van der Waals surface area contributed by atoms with Gasteiger partial charge in [-0.25, -0.2) is 0 Å². The van der Waals surface area contributed by atoms with Crippen LogP contribution >= 0.6 is 0 Å². The number of rotatable bonds is 2. The molecular weight excluding hydrogens is 226 g/mol. The Morgan fingerprint density at radius 3 is 2.94 bits per heavy atom. The average Bonchev–Trinajstić information content (AvgIpc) is 2.84. The molecule has 1 aromatic carbocycles. The first-order valence-electron chi connectivity index (χ1n) is 6.37. The third kappa shape index (κ3) is 1.68. The molecule has 0 amide bonds. The summed E-state index contributed by atoms with van der Waals surface area (Å²) in [5.41, 5.74) is 1.02. The number of hydrogen-bond donors (Lipinski definition) is 0. The van der Waals surface area contributed by atoms with Crippen molar-refractivity contribution in [1.29, 1.82) is 0 Å². The molecule has 1 unspecified atom stereocenters. The number of methoxy groups -OCH3 is 1. The molecule has 0 saturated carbocycles. The predicted molar refractivity (Wildman–Crippen MR) is 69.7 cm³/mol. The Morgan fingerprint density at radius 2 is 2.11 bits per heavy atom. The third-order valence-electron chi connectivity index (χ3n) is 3.59. The van der Waals surface area contributed by atoms with Gasteiger partial charge in [0, 0.05) is 12.5 Å². The standard InChI is InChI=1S/C14H17N3O/c1-10-6-5-9-17-13(10)15-16-14(17)11-7-3-4-8-12(11)18-2/h3-4,7-8,10H,5-6,9H2,1-2H3. The Bertz CT molecular complexity index is 562. The molecule has 0 fully saturated rings. The van der Waals surface area contributed by atoms with Crippen LogP contribution in [0, 0.1) is 0 Å². The summed E-state index contributed by atoms with van der Waals surface area (Å²) in [7, 11) is 1.69. The Balaban J connectivity index is 2.13. The molecule has 4 nitrogen and oxygen atoms in total. The minimum atomic E-state index is 0.495. The molecule has 0 saturated heterocycles. The first-order valence-corrected chi connectivity index (χ1v) is 6.37. The maximum Gasteiger partial charge on any atom is 0.167 e. The summed E-state index contributed by atoms with van der Waals surface area (Å²) in [6.07, 6.45) is 2.39. The highest BCUT2D eigenvalue weighted by Crippen LogP contribution is 2.33. The number of ether oxygens (including phenoxy) is 1. The Morgan fingerprint density at radius 1 is 1.28 bits per heavy atom. The van der Waals surface area contributed by atoms with E-state index in [9.17, 15) is 0 Å². The minimum Gasteiger partial charge on any atom is -0.496 e. The second-order valence-corrected chi connectivity index (χ2v) is 4.78. The van der Waals surface area contributed by atoms with Crippen molar-refractivity contribution in [2.45, 2.75) is 32.2 Å². The Kier molecular flexibility index (Phi) is 2.78. The van der Waals surface area contributed by atoms with Crippen molar-refractivity contribution in [3.8, 4) is 17.1 Å². The van der Waals surface area contributed by atoms with E-state index in [4.69, 9.17) is 4.74 Å². The number of para-hydroxylation sites is 1. The van der Waals surface area contributed by atoms with Gasteiger partial charge in [-0.05, 0) is 25.0 Å². The molecule has 0 aliphatic carbocycles. The topological polar surface area (TPSA) is 39.9 Å². The summed E-state index contributed by atoms with van der Waals surface area (Å²) in [5, 5.41) is 8.71. The highest BCUT2D eigenvalue weighted by atomic mass is 16.5. The van der Waals surface area contributed by atoms with Crippen LogP contribution in [0.1, 0.15) is 31.5 Å². The van der Waals surface area contributed by atoms with Crippen molar-refractivity contribution in [3.63, 3.8) is 0 Å². The summed E-state index contributed by atoms with van der Waals surface area (Å²) in [6, 6.07) is 7.98. The van der Waals surface area contributed by atoms with E-state index in [1.807, 2.05) is 24.3 Å². The van der Waals surface area contributed by atoms with E-state index in [-0.39, 0.29) is 0 Å². The van der Waals surface area contributed by atoms with Crippen molar-refractivity contribution in [2.75, 3.05) is 7.11 Å². The first-order chi connectivity index (χ1) is 8.81. The maximum atomic E-state index is 5.41. The SMILES string of the molecule is COc1ccccc1-c1nnc2n1CCCC2C. The molecule has 0 radical (unpaired) electrons. The molecule has 1 aromatic heterocycles. The van der Waals surface area contributed by atoms with Crippen LogP contribution in [0.4, 0.5) is 0 Å². The summed E-state index contributed by atoms with van der Waals surface area (Å²) >= 11 is 0. The van der Waals surface area contributed by atoms with E-state index >= 15 is 0 Å². The van der Waals surface area contributed by atoms with Crippen molar-refractivity contribution < 1.29 is 4.74 Å². The second kappa shape index (κ2) is 4.44. The van der Waals surface area contributed by atoms with E-state index in [0.29, 0.717) is 5.92 Å². The fraction of sp³-hybridized carbons (Fsp3) is 0.429. The summed E-state index contributed by atoms with van der Waals surface area (Å²) < 4.78 is 7.63. The van der Waals surface area contributed by atoms with Crippen LogP contribution < -0.4 is 4.74 Å². The fourth-order valence-corrected chi connectivity index (χ4v) is 2.61. The number of hydrogen-bond acceptors (Lipinski definition) is 3. The number of benzene rings is 1. The lowest BCUT2D eigenvalue weighted by Gasteiger charge is -2.20. The number of fused-ring (bicyclic) bond motifs is 1. The molecule has 2 aromatic rings. The van der Waals surface area contributed by atoms with Crippen molar-refractivity contribution in [2.24, 2.45) is 0 Å². The van der Waals surface area contributed by atoms with Crippen molar-refractivity contribution in [1.82, 2.24) is 14.8 Å². The van der Waals surface area contributed by atoms with Crippen LogP contribution in [-0.2, 0) is 6.54 Å². The van der Waals surface area contributed by atoms with Crippen LogP contribution in [0.2, 0.25) is 0 Å². The lowest BCUT2D eigenvalue weighted by atomic mass is 10.0. The van der Waals surface area contributed by atoms with Crippen LogP contribution in [0.25, 0.3) is 11.4 Å². The zero-order valence-electron chi connectivity index (χ0n) is 10.8. The third-order valence-corrected chi connectivity index (χ3v) is 3.59. The monoisotopic (exact) mass is 243 g/mol. The summed E-state index contributed by atoms with van der Waals surface area (Å²) in [4.78, 5) is 0. The normalized spacial score (nSPS) is 18.4. The highest BCUT2D eigenvalue weighted by Gasteiger charge is 2.23. The average molecular weight is 243 g/mol. The Labute approximate surface area is 107 Å². The molecule has 1 aliphatic rings. The van der Waals surface area contributed by atoms with E-state index < -0.39 is 0 Å². The highest BCUT2D eigenvalue weighted by molar-refractivity contribution is 5.64. The molecular formula is C14H17N3O. The van der Waals surface area contributed by atoms with Crippen molar-refractivity contribution in [3.05, 3.63) is 30.1 Å². The largest absolute Gasteiger partial charge is 0.496 e. The minimum absolute atomic E-state index is 0.495. The number of nitrogens with zero attached hydrogens (tertiary/aromatic N) is 3. The molecule has 0 spiro atoms. The summed E-state index contributed by atoms with van der Waals surface area (Å²) in [5.74, 6) is 3.37. The van der Waals surface area contributed by atoms with Crippen LogP contribution in [-0.4, -0.2) is 21.9 Å². The van der Waals surface area contributed by atoms with Gasteiger partial charge in [0.2, 0.25) is 0 Å².